The summed E-state index contributed by atoms with van der Waals surface area (Å²) in [5.41, 5.74) is -1.24. The van der Waals surface area contributed by atoms with Gasteiger partial charge in [0.05, 0.1) is 10.5 Å². The van der Waals surface area contributed by atoms with Crippen molar-refractivity contribution in [2.75, 3.05) is 11.9 Å². The van der Waals surface area contributed by atoms with Gasteiger partial charge in [0.25, 0.3) is 0 Å². The van der Waals surface area contributed by atoms with Crippen LogP contribution in [0.3, 0.4) is 0 Å². The molecule has 0 radical (unpaired) electrons. The average Bonchev–Trinajstić information content (AvgIpc) is 2.52. The number of sulfonamides is 1. The molecule has 1 atom stereocenters. The number of nitrogens with two attached hydrogens (primary N) is 1. The van der Waals surface area contributed by atoms with Gasteiger partial charge in [0, 0.05) is 22.4 Å². The third kappa shape index (κ3) is 5.65. The summed E-state index contributed by atoms with van der Waals surface area (Å²) in [6.07, 6.45) is -4.70. The molecule has 0 amide bonds. The Balaban J connectivity index is 2.16. The van der Waals surface area contributed by atoms with Crippen LogP contribution in [0.5, 0.6) is 0 Å². The van der Waals surface area contributed by atoms with E-state index in [1.54, 1.807) is 0 Å². The first-order valence-corrected chi connectivity index (χ1v) is 9.69. The highest BCUT2D eigenvalue weighted by Gasteiger charge is 2.34. The van der Waals surface area contributed by atoms with Crippen molar-refractivity contribution in [2.45, 2.75) is 28.1 Å². The lowest BCUT2D eigenvalue weighted by Crippen LogP contribution is -2.19. The summed E-state index contributed by atoms with van der Waals surface area (Å²) < 4.78 is 62.2. The molecule has 2 rings (SSSR count). The molecule has 4 nitrogen and oxygen atoms in total. The Morgan fingerprint density at radius 1 is 1.16 bits per heavy atom. The Hall–Kier alpha value is -1.71. The molecule has 0 aliphatic carbocycles. The molecule has 2 aromatic carbocycles. The number of thioether (sulfide) groups is 1. The van der Waals surface area contributed by atoms with E-state index in [0.717, 1.165) is 17.0 Å². The standard InChI is InChI=1S/C16H17F3N2O2S2/c1-11(24-12-5-3-2-4-6-12)10-21-15-8-7-13(25(20,22)23)9-14(15)16(17,18)19/h2-9,11,21H,10H2,1H3,(H2,20,22,23). The van der Waals surface area contributed by atoms with Crippen molar-refractivity contribution in [1.82, 2.24) is 0 Å². The number of primary sulfonamides is 1. The molecule has 0 saturated heterocycles. The second kappa shape index (κ2) is 7.67. The van der Waals surface area contributed by atoms with E-state index in [2.05, 4.69) is 5.32 Å². The summed E-state index contributed by atoms with van der Waals surface area (Å²) in [6.45, 7) is 2.16. The van der Waals surface area contributed by atoms with E-state index in [0.29, 0.717) is 6.07 Å². The molecule has 25 heavy (non-hydrogen) atoms. The molecule has 0 aromatic heterocycles. The molecule has 0 aliphatic heterocycles. The number of benzene rings is 2. The lowest BCUT2D eigenvalue weighted by molar-refractivity contribution is -0.137. The van der Waals surface area contributed by atoms with Crippen molar-refractivity contribution in [1.29, 1.82) is 0 Å². The number of hydrogen-bond acceptors (Lipinski definition) is 4. The summed E-state index contributed by atoms with van der Waals surface area (Å²) in [6, 6.07) is 12.2. The molecular formula is C16H17F3N2O2S2. The molecule has 0 spiro atoms. The molecule has 0 heterocycles. The van der Waals surface area contributed by atoms with Gasteiger partial charge in [-0.15, -0.1) is 11.8 Å². The van der Waals surface area contributed by atoms with Crippen LogP contribution in [0.25, 0.3) is 0 Å². The van der Waals surface area contributed by atoms with E-state index in [4.69, 9.17) is 5.14 Å². The maximum absolute atomic E-state index is 13.2. The summed E-state index contributed by atoms with van der Waals surface area (Å²) in [4.78, 5) is 0.439. The highest BCUT2D eigenvalue weighted by Crippen LogP contribution is 2.36. The van der Waals surface area contributed by atoms with Crippen molar-refractivity contribution < 1.29 is 21.6 Å². The minimum atomic E-state index is -4.70. The predicted octanol–water partition coefficient (Wildman–Crippen LogP) is 3.95. The third-order valence-corrected chi connectivity index (χ3v) is 5.31. The Morgan fingerprint density at radius 2 is 1.80 bits per heavy atom. The van der Waals surface area contributed by atoms with Crippen LogP contribution in [0.15, 0.2) is 58.3 Å². The van der Waals surface area contributed by atoms with Crippen molar-refractivity contribution >= 4 is 27.5 Å². The van der Waals surface area contributed by atoms with E-state index < -0.39 is 26.7 Å². The first-order valence-electron chi connectivity index (χ1n) is 7.27. The van der Waals surface area contributed by atoms with Gasteiger partial charge >= 0.3 is 6.18 Å². The average molecular weight is 390 g/mol. The number of anilines is 1. The van der Waals surface area contributed by atoms with Gasteiger partial charge in [0.1, 0.15) is 0 Å². The molecule has 2 aromatic rings. The number of halogens is 3. The first-order chi connectivity index (χ1) is 11.6. The molecular weight excluding hydrogens is 373 g/mol. The molecule has 0 bridgehead atoms. The van der Waals surface area contributed by atoms with Crippen LogP contribution in [0.1, 0.15) is 12.5 Å². The topological polar surface area (TPSA) is 72.2 Å². The van der Waals surface area contributed by atoms with Crippen LogP contribution in [0.2, 0.25) is 0 Å². The molecule has 0 fully saturated rings. The SMILES string of the molecule is CC(CNc1ccc(S(N)(=O)=O)cc1C(F)(F)F)Sc1ccccc1. The van der Waals surface area contributed by atoms with Crippen LogP contribution in [0.4, 0.5) is 18.9 Å². The summed E-state index contributed by atoms with van der Waals surface area (Å²) in [5.74, 6) is 0. The Morgan fingerprint density at radius 3 is 2.36 bits per heavy atom. The quantitative estimate of drug-likeness (QED) is 0.733. The third-order valence-electron chi connectivity index (χ3n) is 3.29. The smallest absolute Gasteiger partial charge is 0.383 e. The van der Waals surface area contributed by atoms with E-state index in [-0.39, 0.29) is 17.5 Å². The Kier molecular flexibility index (Phi) is 6.02. The fourth-order valence-electron chi connectivity index (χ4n) is 2.12. The second-order valence-corrected chi connectivity index (χ2v) is 8.45. The normalized spacial score (nSPS) is 13.5. The van der Waals surface area contributed by atoms with Crippen molar-refractivity contribution in [2.24, 2.45) is 5.14 Å². The monoisotopic (exact) mass is 390 g/mol. The van der Waals surface area contributed by atoms with E-state index in [9.17, 15) is 21.6 Å². The van der Waals surface area contributed by atoms with Crippen LogP contribution in [-0.4, -0.2) is 20.2 Å². The van der Waals surface area contributed by atoms with E-state index in [1.807, 2.05) is 37.3 Å². The van der Waals surface area contributed by atoms with Gasteiger partial charge in [-0.05, 0) is 30.3 Å². The maximum Gasteiger partial charge on any atom is 0.418 e. The van der Waals surface area contributed by atoms with Crippen molar-refractivity contribution in [3.8, 4) is 0 Å². The molecule has 0 aliphatic rings. The van der Waals surface area contributed by atoms with Gasteiger partial charge in [0.2, 0.25) is 10.0 Å². The fourth-order valence-corrected chi connectivity index (χ4v) is 3.60. The number of rotatable bonds is 6. The number of nitrogens with one attached hydrogen (secondary N) is 1. The lowest BCUT2D eigenvalue weighted by atomic mass is 10.1. The van der Waals surface area contributed by atoms with Crippen molar-refractivity contribution in [3.05, 3.63) is 54.1 Å². The Labute approximate surface area is 148 Å². The summed E-state index contributed by atoms with van der Waals surface area (Å²) >= 11 is 1.52. The Bertz CT molecular complexity index is 825. The second-order valence-electron chi connectivity index (χ2n) is 5.37. The largest absolute Gasteiger partial charge is 0.418 e. The minimum absolute atomic E-state index is 0.00130. The van der Waals surface area contributed by atoms with Crippen molar-refractivity contribution in [3.63, 3.8) is 0 Å². The van der Waals surface area contributed by atoms with Gasteiger partial charge in [-0.2, -0.15) is 13.2 Å². The highest BCUT2D eigenvalue weighted by atomic mass is 32.2. The molecule has 3 N–H and O–H groups in total. The zero-order valence-electron chi connectivity index (χ0n) is 13.2. The first kappa shape index (κ1) is 19.6. The van der Waals surface area contributed by atoms with E-state index >= 15 is 0 Å². The molecule has 1 unspecified atom stereocenters. The molecule has 136 valence electrons. The van der Waals surface area contributed by atoms with Crippen LogP contribution >= 0.6 is 11.8 Å². The minimum Gasteiger partial charge on any atom is -0.383 e. The van der Waals surface area contributed by atoms with E-state index in [1.165, 1.54) is 11.8 Å². The van der Waals surface area contributed by atoms with Gasteiger partial charge < -0.3 is 5.32 Å². The zero-order valence-corrected chi connectivity index (χ0v) is 14.9. The van der Waals surface area contributed by atoms with Gasteiger partial charge in [-0.3, -0.25) is 0 Å². The zero-order chi connectivity index (χ0) is 18.7. The number of alkyl halides is 3. The lowest BCUT2D eigenvalue weighted by Gasteiger charge is -2.18. The molecule has 0 saturated carbocycles. The highest BCUT2D eigenvalue weighted by molar-refractivity contribution is 8.00. The summed E-state index contributed by atoms with van der Waals surface area (Å²) in [5, 5.41) is 7.65. The van der Waals surface area contributed by atoms with Crippen LogP contribution in [-0.2, 0) is 16.2 Å². The molecule has 9 heteroatoms. The fraction of sp³-hybridized carbons (Fsp3) is 0.250. The van der Waals surface area contributed by atoms with Gasteiger partial charge in [-0.1, -0.05) is 25.1 Å². The van der Waals surface area contributed by atoms with Gasteiger partial charge in [-0.25, -0.2) is 13.6 Å². The van der Waals surface area contributed by atoms with Crippen LogP contribution < -0.4 is 10.5 Å². The van der Waals surface area contributed by atoms with Gasteiger partial charge in [0.15, 0.2) is 0 Å². The van der Waals surface area contributed by atoms with Crippen LogP contribution in [0, 0.1) is 0 Å². The maximum atomic E-state index is 13.2. The predicted molar refractivity (Wildman–Crippen MR) is 93.1 cm³/mol. The summed E-state index contributed by atoms with van der Waals surface area (Å²) in [7, 11) is -4.21. The number of hydrogen-bond donors (Lipinski definition) is 2.